The van der Waals surface area contributed by atoms with Gasteiger partial charge in [-0.05, 0) is 13.1 Å². The number of nitrogens with zero attached hydrogens (tertiary/aromatic N) is 2. The third-order valence-corrected chi connectivity index (χ3v) is 6.70. The number of nitrogens with two attached hydrogens (primary N) is 1. The van der Waals surface area contributed by atoms with Crippen LogP contribution in [0.3, 0.4) is 0 Å². The second-order valence-corrected chi connectivity index (χ2v) is 9.48. The number of phenolic OH excluding ortho intramolecular Hbond substituents is 1. The number of phenols is 1. The number of hydrogen-bond donors (Lipinski definition) is 3. The lowest BCUT2D eigenvalue weighted by Crippen LogP contribution is -3.00. The van der Waals surface area contributed by atoms with Crippen molar-refractivity contribution in [2.75, 3.05) is 63.0 Å². The average Bonchev–Trinajstić information content (AvgIpc) is 2.53. The molecule has 0 spiro atoms. The van der Waals surface area contributed by atoms with Crippen LogP contribution in [0.1, 0.15) is 6.42 Å². The Morgan fingerprint density at radius 3 is 2.50 bits per heavy atom. The van der Waals surface area contributed by atoms with E-state index >= 15 is 0 Å². The van der Waals surface area contributed by atoms with Gasteiger partial charge in [-0.1, -0.05) is 23.2 Å². The molecule has 0 amide bonds. The zero-order chi connectivity index (χ0) is 18.8. The summed E-state index contributed by atoms with van der Waals surface area (Å²) < 4.78 is 27.8. The van der Waals surface area contributed by atoms with E-state index in [1.807, 2.05) is 0 Å². The zero-order valence-electron chi connectivity index (χ0n) is 14.8. The molecular formula is C15H25Cl3N4O3S. The number of rotatable bonds is 6. The molecule has 1 heterocycles. The molecule has 0 aromatic heterocycles. The third kappa shape index (κ3) is 5.94. The minimum Gasteiger partial charge on any atom is -1.00 e. The molecule has 1 saturated heterocycles. The van der Waals surface area contributed by atoms with E-state index in [0.717, 1.165) is 37.2 Å². The number of piperazine rings is 1. The van der Waals surface area contributed by atoms with Gasteiger partial charge in [0.1, 0.15) is 5.02 Å². The van der Waals surface area contributed by atoms with Crippen molar-refractivity contribution in [2.24, 2.45) is 0 Å². The molecule has 4 N–H and O–H groups in total. The van der Waals surface area contributed by atoms with Crippen molar-refractivity contribution in [1.82, 2.24) is 4.90 Å². The van der Waals surface area contributed by atoms with Crippen LogP contribution in [-0.4, -0.2) is 75.5 Å². The maximum Gasteiger partial charge on any atom is 0.233 e. The topological polar surface area (TPSA) is 95.7 Å². The number of likely N-dealkylation sites (N-methyl/N-ethyl adjacent to an activating group) is 2. The van der Waals surface area contributed by atoms with Crippen molar-refractivity contribution in [3.8, 4) is 5.75 Å². The highest BCUT2D eigenvalue weighted by Crippen LogP contribution is 2.41. The van der Waals surface area contributed by atoms with Crippen LogP contribution in [0.2, 0.25) is 10.0 Å². The molecule has 0 unspecified atom stereocenters. The molecule has 1 aliphatic heterocycles. The Morgan fingerprint density at radius 1 is 1.35 bits per heavy atom. The summed E-state index contributed by atoms with van der Waals surface area (Å²) in [5.41, 5.74) is 5.54. The van der Waals surface area contributed by atoms with Crippen molar-refractivity contribution in [3.63, 3.8) is 0 Å². The summed E-state index contributed by atoms with van der Waals surface area (Å²) in [6.07, 6.45) is 0.521. The summed E-state index contributed by atoms with van der Waals surface area (Å²) in [6.45, 7) is 4.82. The van der Waals surface area contributed by atoms with Gasteiger partial charge in [-0.25, -0.2) is 8.42 Å². The lowest BCUT2D eigenvalue weighted by atomic mass is 10.2. The Kier molecular flexibility index (Phi) is 8.13. The first-order chi connectivity index (χ1) is 11.5. The van der Waals surface area contributed by atoms with Crippen LogP contribution in [0.4, 0.5) is 11.4 Å². The van der Waals surface area contributed by atoms with Gasteiger partial charge in [0.15, 0.2) is 5.75 Å². The lowest BCUT2D eigenvalue weighted by Gasteiger charge is -2.41. The number of nitrogen functional groups attached to an aromatic ring is 1. The largest absolute Gasteiger partial charge is 1.00 e. The minimum absolute atomic E-state index is 0. The van der Waals surface area contributed by atoms with E-state index in [-0.39, 0.29) is 39.6 Å². The van der Waals surface area contributed by atoms with E-state index in [0.29, 0.717) is 6.42 Å². The predicted molar refractivity (Wildman–Crippen MR) is 103 cm³/mol. The smallest absolute Gasteiger partial charge is 0.233 e. The number of hydrogen-bond acceptors (Lipinski definition) is 5. The van der Waals surface area contributed by atoms with E-state index in [1.165, 1.54) is 6.07 Å². The Labute approximate surface area is 171 Å². The Bertz CT molecular complexity index is 738. The molecule has 0 atom stereocenters. The van der Waals surface area contributed by atoms with Gasteiger partial charge >= 0.3 is 0 Å². The monoisotopic (exact) mass is 446 g/mol. The number of sulfonamides is 1. The number of anilines is 2. The van der Waals surface area contributed by atoms with Gasteiger partial charge in [0.05, 0.1) is 48.8 Å². The number of benzene rings is 1. The summed E-state index contributed by atoms with van der Waals surface area (Å²) in [5.74, 6) is -0.472. The van der Waals surface area contributed by atoms with Crippen LogP contribution in [0.25, 0.3) is 0 Å². The standard InChI is InChI=1S/C15H24Cl2N4O3S.ClH/c1-20-4-7-21(2,8-5-20)6-3-9-25(23,24)19-12-10-11(16)14(18)13(17)15(12)22;/h10,19H,3-9,18H2,1-2H3;1H. The second-order valence-electron chi connectivity index (χ2n) is 6.85. The van der Waals surface area contributed by atoms with Gasteiger partial charge in [0, 0.05) is 19.5 Å². The number of quaternary nitrogens is 1. The van der Waals surface area contributed by atoms with Crippen LogP contribution in [0, 0.1) is 0 Å². The van der Waals surface area contributed by atoms with Crippen molar-refractivity contribution in [2.45, 2.75) is 6.42 Å². The molecule has 7 nitrogen and oxygen atoms in total. The van der Waals surface area contributed by atoms with Gasteiger partial charge in [-0.15, -0.1) is 0 Å². The summed E-state index contributed by atoms with van der Waals surface area (Å²) >= 11 is 11.7. The van der Waals surface area contributed by atoms with E-state index in [4.69, 9.17) is 28.9 Å². The fourth-order valence-corrected chi connectivity index (χ4v) is 4.39. The minimum atomic E-state index is -3.63. The first kappa shape index (κ1) is 23.4. The van der Waals surface area contributed by atoms with Gasteiger partial charge < -0.3 is 27.7 Å². The maximum absolute atomic E-state index is 12.3. The molecule has 0 saturated carbocycles. The molecule has 0 aliphatic carbocycles. The summed E-state index contributed by atoms with van der Waals surface area (Å²) in [7, 11) is 0.611. The fraction of sp³-hybridized carbons (Fsp3) is 0.600. The Morgan fingerprint density at radius 2 is 1.92 bits per heavy atom. The van der Waals surface area contributed by atoms with Crippen molar-refractivity contribution in [3.05, 3.63) is 16.1 Å². The third-order valence-electron chi connectivity index (χ3n) is 4.65. The molecule has 1 aromatic carbocycles. The molecule has 1 fully saturated rings. The Balaban J connectivity index is 0.00000338. The molecular weight excluding hydrogens is 423 g/mol. The molecule has 1 aromatic rings. The highest BCUT2D eigenvalue weighted by atomic mass is 35.5. The molecule has 11 heteroatoms. The van der Waals surface area contributed by atoms with Gasteiger partial charge in [0.2, 0.25) is 10.0 Å². The molecule has 2 rings (SSSR count). The fourth-order valence-electron chi connectivity index (χ4n) is 2.83. The van der Waals surface area contributed by atoms with Crippen molar-refractivity contribution < 1.29 is 30.4 Å². The van der Waals surface area contributed by atoms with Crippen molar-refractivity contribution >= 4 is 44.6 Å². The van der Waals surface area contributed by atoms with Crippen LogP contribution < -0.4 is 22.9 Å². The zero-order valence-corrected chi connectivity index (χ0v) is 17.9. The molecule has 26 heavy (non-hydrogen) atoms. The second kappa shape index (κ2) is 9.03. The first-order valence-corrected chi connectivity index (χ1v) is 10.4. The first-order valence-electron chi connectivity index (χ1n) is 8.02. The van der Waals surface area contributed by atoms with E-state index in [9.17, 15) is 13.5 Å². The summed E-state index contributed by atoms with van der Waals surface area (Å²) in [6, 6.07) is 1.25. The van der Waals surface area contributed by atoms with Crippen LogP contribution in [0.15, 0.2) is 6.07 Å². The van der Waals surface area contributed by atoms with E-state index < -0.39 is 15.8 Å². The van der Waals surface area contributed by atoms with Crippen molar-refractivity contribution in [1.29, 1.82) is 0 Å². The van der Waals surface area contributed by atoms with E-state index in [2.05, 4.69) is 23.7 Å². The SMILES string of the molecule is CN1CC[N+](C)(CCCS(=O)(=O)Nc2cc(Cl)c(N)c(Cl)c2O)CC1.[Cl-]. The van der Waals surface area contributed by atoms with Crippen LogP contribution in [0.5, 0.6) is 5.75 Å². The van der Waals surface area contributed by atoms with Gasteiger partial charge in [-0.2, -0.15) is 0 Å². The normalized spacial score (nSPS) is 17.5. The summed E-state index contributed by atoms with van der Waals surface area (Å²) in [4.78, 5) is 2.27. The lowest BCUT2D eigenvalue weighted by molar-refractivity contribution is -0.913. The van der Waals surface area contributed by atoms with Crippen LogP contribution >= 0.6 is 23.2 Å². The van der Waals surface area contributed by atoms with E-state index in [1.54, 1.807) is 0 Å². The number of halogens is 3. The van der Waals surface area contributed by atoms with Gasteiger partial charge in [-0.3, -0.25) is 9.62 Å². The van der Waals surface area contributed by atoms with Gasteiger partial charge in [0.25, 0.3) is 0 Å². The predicted octanol–water partition coefficient (Wildman–Crippen LogP) is -1.19. The molecule has 0 radical (unpaired) electrons. The van der Waals surface area contributed by atoms with Crippen LogP contribution in [-0.2, 0) is 10.0 Å². The molecule has 1 aliphatic rings. The average molecular weight is 448 g/mol. The summed E-state index contributed by atoms with van der Waals surface area (Å²) in [5, 5.41) is 9.87. The number of aromatic hydroxyl groups is 1. The molecule has 150 valence electrons. The molecule has 0 bridgehead atoms. The highest BCUT2D eigenvalue weighted by molar-refractivity contribution is 7.92. The number of nitrogens with one attached hydrogen (secondary N) is 1. The quantitative estimate of drug-likeness (QED) is 0.289. The highest BCUT2D eigenvalue weighted by Gasteiger charge is 2.27. The maximum atomic E-state index is 12.3. The Hall–Kier alpha value is -0.640.